The predicted octanol–water partition coefficient (Wildman–Crippen LogP) is 0.575. The first-order valence-corrected chi connectivity index (χ1v) is 4.99. The number of aromatic nitrogens is 2. The minimum absolute atomic E-state index is 0.0728. The lowest BCUT2D eigenvalue weighted by atomic mass is 10.3. The summed E-state index contributed by atoms with van der Waals surface area (Å²) in [5.74, 6) is -0.254. The Hall–Kier alpha value is -1.36. The smallest absolute Gasteiger partial charge is 0.271 e. The third-order valence-electron chi connectivity index (χ3n) is 2.08. The molecule has 0 radical (unpaired) electrons. The van der Waals surface area contributed by atoms with Gasteiger partial charge >= 0.3 is 0 Å². The fourth-order valence-electron chi connectivity index (χ4n) is 1.08. The molecule has 0 aliphatic rings. The van der Waals surface area contributed by atoms with Gasteiger partial charge < -0.3 is 15.0 Å². The van der Waals surface area contributed by atoms with E-state index in [1.807, 2.05) is 18.4 Å². The molecular weight excluding hydrogens is 194 g/mol. The first-order valence-electron chi connectivity index (χ1n) is 4.99. The molecule has 0 aliphatic carbocycles. The van der Waals surface area contributed by atoms with Crippen LogP contribution in [0.4, 0.5) is 0 Å². The first-order chi connectivity index (χ1) is 7.04. The maximum atomic E-state index is 11.6. The van der Waals surface area contributed by atoms with Crippen molar-refractivity contribution in [1.82, 2.24) is 14.9 Å². The Kier molecular flexibility index (Phi) is 3.85. The lowest BCUT2D eigenvalue weighted by Crippen LogP contribution is -2.35. The van der Waals surface area contributed by atoms with Crippen molar-refractivity contribution in [3.8, 4) is 0 Å². The molecule has 0 fully saturated rings. The molecular formula is C10H17N3O2. The van der Waals surface area contributed by atoms with Crippen LogP contribution >= 0.6 is 0 Å². The van der Waals surface area contributed by atoms with E-state index < -0.39 is 0 Å². The Morgan fingerprint density at radius 1 is 1.60 bits per heavy atom. The fourth-order valence-corrected chi connectivity index (χ4v) is 1.08. The number of hydrogen-bond acceptors (Lipinski definition) is 3. The molecule has 0 saturated heterocycles. The van der Waals surface area contributed by atoms with Crippen molar-refractivity contribution >= 4 is 5.91 Å². The summed E-state index contributed by atoms with van der Waals surface area (Å²) in [7, 11) is 0. The molecule has 15 heavy (non-hydrogen) atoms. The van der Waals surface area contributed by atoms with Gasteiger partial charge in [-0.3, -0.25) is 4.79 Å². The Morgan fingerprint density at radius 2 is 2.27 bits per heavy atom. The second-order valence-electron chi connectivity index (χ2n) is 3.86. The van der Waals surface area contributed by atoms with E-state index >= 15 is 0 Å². The number of amides is 1. The molecule has 1 aromatic heterocycles. The summed E-state index contributed by atoms with van der Waals surface area (Å²) >= 11 is 0. The summed E-state index contributed by atoms with van der Waals surface area (Å²) < 4.78 is 1.86. The number of nitrogens with zero attached hydrogens (tertiary/aromatic N) is 2. The summed E-state index contributed by atoms with van der Waals surface area (Å²) in [5.41, 5.74) is 0.379. The first kappa shape index (κ1) is 11.7. The number of imidazole rings is 1. The molecule has 1 heterocycles. The van der Waals surface area contributed by atoms with Crippen molar-refractivity contribution in [1.29, 1.82) is 0 Å². The maximum absolute atomic E-state index is 11.6. The fraction of sp³-hybridized carbons (Fsp3) is 0.600. The second-order valence-corrected chi connectivity index (χ2v) is 3.86. The van der Waals surface area contributed by atoms with Crippen molar-refractivity contribution in [3.63, 3.8) is 0 Å². The van der Waals surface area contributed by atoms with E-state index in [1.165, 1.54) is 0 Å². The van der Waals surface area contributed by atoms with Crippen molar-refractivity contribution in [2.24, 2.45) is 0 Å². The van der Waals surface area contributed by atoms with Gasteiger partial charge in [0, 0.05) is 18.3 Å². The molecule has 5 nitrogen and oxygen atoms in total. The van der Waals surface area contributed by atoms with Gasteiger partial charge in [0.25, 0.3) is 5.91 Å². The monoisotopic (exact) mass is 211 g/mol. The van der Waals surface area contributed by atoms with Gasteiger partial charge in [-0.2, -0.15) is 0 Å². The van der Waals surface area contributed by atoms with Crippen molar-refractivity contribution in [2.45, 2.75) is 32.9 Å². The van der Waals surface area contributed by atoms with Crippen LogP contribution in [-0.4, -0.2) is 33.2 Å². The Labute approximate surface area is 89.1 Å². The Balaban J connectivity index is 2.66. The van der Waals surface area contributed by atoms with Crippen LogP contribution in [-0.2, 0) is 0 Å². The summed E-state index contributed by atoms with van der Waals surface area (Å²) in [4.78, 5) is 15.5. The molecule has 0 bridgehead atoms. The number of aliphatic hydroxyl groups excluding tert-OH is 1. The van der Waals surface area contributed by atoms with Crippen molar-refractivity contribution in [3.05, 3.63) is 18.2 Å². The maximum Gasteiger partial charge on any atom is 0.271 e. The topological polar surface area (TPSA) is 67.2 Å². The normalized spacial score (nSPS) is 12.9. The zero-order valence-corrected chi connectivity index (χ0v) is 9.27. The minimum atomic E-state index is -0.254. The van der Waals surface area contributed by atoms with E-state index in [0.717, 1.165) is 0 Å². The number of aliphatic hydroxyl groups is 1. The largest absolute Gasteiger partial charge is 0.394 e. The van der Waals surface area contributed by atoms with Gasteiger partial charge in [0.15, 0.2) is 0 Å². The van der Waals surface area contributed by atoms with E-state index in [2.05, 4.69) is 10.3 Å². The van der Waals surface area contributed by atoms with Crippen molar-refractivity contribution < 1.29 is 9.90 Å². The number of nitrogens with one attached hydrogen (secondary N) is 1. The molecule has 0 unspecified atom stereocenters. The van der Waals surface area contributed by atoms with Crippen LogP contribution in [0.15, 0.2) is 12.5 Å². The lowest BCUT2D eigenvalue weighted by Gasteiger charge is -2.08. The van der Waals surface area contributed by atoms with Crippen LogP contribution in [0.5, 0.6) is 0 Å². The molecule has 5 heteroatoms. The van der Waals surface area contributed by atoms with Gasteiger partial charge in [-0.1, -0.05) is 0 Å². The quantitative estimate of drug-likeness (QED) is 0.765. The van der Waals surface area contributed by atoms with Crippen LogP contribution < -0.4 is 5.32 Å². The van der Waals surface area contributed by atoms with Crippen LogP contribution in [0.25, 0.3) is 0 Å². The highest BCUT2D eigenvalue weighted by Gasteiger charge is 2.12. The molecule has 1 amide bonds. The van der Waals surface area contributed by atoms with Gasteiger partial charge in [-0.25, -0.2) is 4.98 Å². The van der Waals surface area contributed by atoms with E-state index in [9.17, 15) is 4.79 Å². The molecule has 0 saturated carbocycles. The number of rotatable bonds is 4. The summed E-state index contributed by atoms with van der Waals surface area (Å²) in [5, 5.41) is 11.4. The van der Waals surface area contributed by atoms with Gasteiger partial charge in [0.2, 0.25) is 0 Å². The summed E-state index contributed by atoms with van der Waals surface area (Å²) in [6.45, 7) is 5.69. The lowest BCUT2D eigenvalue weighted by molar-refractivity contribution is 0.0917. The summed E-state index contributed by atoms with van der Waals surface area (Å²) in [6, 6.07) is 0.0380. The third-order valence-corrected chi connectivity index (χ3v) is 2.08. The highest BCUT2D eigenvalue weighted by molar-refractivity contribution is 5.92. The van der Waals surface area contributed by atoms with Gasteiger partial charge in [0.05, 0.1) is 12.9 Å². The highest BCUT2D eigenvalue weighted by Crippen LogP contribution is 2.05. The Morgan fingerprint density at radius 3 is 2.73 bits per heavy atom. The molecule has 0 aliphatic heterocycles. The van der Waals surface area contributed by atoms with Gasteiger partial charge in [-0.15, -0.1) is 0 Å². The van der Waals surface area contributed by atoms with E-state index in [4.69, 9.17) is 5.11 Å². The van der Waals surface area contributed by atoms with Crippen LogP contribution in [0, 0.1) is 0 Å². The zero-order valence-electron chi connectivity index (χ0n) is 9.27. The van der Waals surface area contributed by atoms with Crippen molar-refractivity contribution in [2.75, 3.05) is 6.61 Å². The Bertz CT molecular complexity index is 333. The average Bonchev–Trinajstić information content (AvgIpc) is 2.66. The van der Waals surface area contributed by atoms with E-state index in [-0.39, 0.29) is 24.6 Å². The standard InChI is InChI=1S/C10H17N3O2/c1-7(2)13-4-9(11-6-13)10(15)12-8(3)5-14/h4,6-8,14H,5H2,1-3H3,(H,12,15)/t8-/m0/s1. The van der Waals surface area contributed by atoms with Crippen LogP contribution in [0.2, 0.25) is 0 Å². The molecule has 1 atom stereocenters. The zero-order chi connectivity index (χ0) is 11.4. The molecule has 1 rings (SSSR count). The van der Waals surface area contributed by atoms with Crippen LogP contribution in [0.1, 0.15) is 37.3 Å². The minimum Gasteiger partial charge on any atom is -0.394 e. The molecule has 0 spiro atoms. The summed E-state index contributed by atoms with van der Waals surface area (Å²) in [6.07, 6.45) is 3.33. The van der Waals surface area contributed by atoms with E-state index in [1.54, 1.807) is 19.4 Å². The van der Waals surface area contributed by atoms with Gasteiger partial charge in [-0.05, 0) is 20.8 Å². The highest BCUT2D eigenvalue weighted by atomic mass is 16.3. The molecule has 84 valence electrons. The molecule has 1 aromatic rings. The average molecular weight is 211 g/mol. The predicted molar refractivity (Wildman–Crippen MR) is 56.6 cm³/mol. The molecule has 2 N–H and O–H groups in total. The second kappa shape index (κ2) is 4.93. The SMILES string of the molecule is CC(C)n1cnc(C(=O)N[C@@H](C)CO)c1. The van der Waals surface area contributed by atoms with Crippen LogP contribution in [0.3, 0.4) is 0 Å². The number of hydrogen-bond donors (Lipinski definition) is 2. The third kappa shape index (κ3) is 3.06. The number of carbonyl (C=O) groups excluding carboxylic acids is 1. The van der Waals surface area contributed by atoms with Gasteiger partial charge in [0.1, 0.15) is 5.69 Å². The number of carbonyl (C=O) groups is 1. The molecule has 0 aromatic carbocycles. The van der Waals surface area contributed by atoms with E-state index in [0.29, 0.717) is 5.69 Å².